The second kappa shape index (κ2) is 6.76. The van der Waals surface area contributed by atoms with Gasteiger partial charge in [0.1, 0.15) is 4.90 Å². The molecule has 0 radical (unpaired) electrons. The van der Waals surface area contributed by atoms with E-state index in [1.54, 1.807) is 18.2 Å². The van der Waals surface area contributed by atoms with Crippen LogP contribution in [0, 0.1) is 0 Å². The second-order valence-electron chi connectivity index (χ2n) is 3.93. The topological polar surface area (TPSA) is 46.2 Å². The molecule has 0 atom stereocenters. The van der Waals surface area contributed by atoms with Gasteiger partial charge in [-0.05, 0) is 46.3 Å². The lowest BCUT2D eigenvalue weighted by Crippen LogP contribution is -2.14. The highest BCUT2D eigenvalue weighted by Gasteiger charge is 2.23. The Hall–Kier alpha value is 0.210. The molecule has 21 heavy (non-hydrogen) atoms. The third kappa shape index (κ3) is 4.14. The minimum atomic E-state index is -3.92. The smallest absolute Gasteiger partial charge is 0.264 e. The zero-order valence-electron chi connectivity index (χ0n) is 10.0. The van der Waals surface area contributed by atoms with Crippen LogP contribution in [0.5, 0.6) is 0 Å². The van der Waals surface area contributed by atoms with Crippen LogP contribution in [0.15, 0.2) is 48.6 Å². The Morgan fingerprint density at radius 2 is 1.48 bits per heavy atom. The summed E-state index contributed by atoms with van der Waals surface area (Å²) in [6.45, 7) is 0. The van der Waals surface area contributed by atoms with Gasteiger partial charge in [-0.15, -0.1) is 0 Å². The third-order valence-corrected chi connectivity index (χ3v) is 6.33. The zero-order valence-corrected chi connectivity index (χ0v) is 17.1. The number of benzene rings is 2. The van der Waals surface area contributed by atoms with Crippen molar-refractivity contribution >= 4 is 86.7 Å². The molecule has 2 aromatic carbocycles. The summed E-state index contributed by atoms with van der Waals surface area (Å²) in [6.07, 6.45) is 0. The second-order valence-corrected chi connectivity index (χ2v) is 9.05. The molecule has 9 heteroatoms. The van der Waals surface area contributed by atoms with Crippen LogP contribution in [-0.2, 0) is 10.0 Å². The number of sulfonamides is 1. The molecule has 0 saturated carbocycles. The van der Waals surface area contributed by atoms with Gasteiger partial charge in [0.15, 0.2) is 0 Å². The maximum Gasteiger partial charge on any atom is 0.264 e. The van der Waals surface area contributed by atoms with Gasteiger partial charge in [-0.25, -0.2) is 8.42 Å². The maximum atomic E-state index is 12.5. The molecule has 112 valence electrons. The van der Waals surface area contributed by atoms with Crippen LogP contribution in [-0.4, -0.2) is 8.42 Å². The molecule has 0 unspecified atom stereocenters. The molecular formula is C12H6Br3Cl2NO2S. The van der Waals surface area contributed by atoms with E-state index in [2.05, 4.69) is 52.5 Å². The molecule has 0 saturated heterocycles. The summed E-state index contributed by atoms with van der Waals surface area (Å²) in [5.41, 5.74) is 0.374. The van der Waals surface area contributed by atoms with Crippen molar-refractivity contribution in [3.63, 3.8) is 0 Å². The molecule has 0 aromatic heterocycles. The van der Waals surface area contributed by atoms with Crippen LogP contribution < -0.4 is 4.72 Å². The number of anilines is 1. The van der Waals surface area contributed by atoms with E-state index in [9.17, 15) is 8.42 Å². The summed E-state index contributed by atoms with van der Waals surface area (Å²) in [6, 6.07) is 8.06. The Labute approximate surface area is 157 Å². The van der Waals surface area contributed by atoms with Gasteiger partial charge in [-0.1, -0.05) is 55.1 Å². The molecule has 2 rings (SSSR count). The number of halogens is 5. The van der Waals surface area contributed by atoms with E-state index >= 15 is 0 Å². The molecule has 3 nitrogen and oxygen atoms in total. The first kappa shape index (κ1) is 17.6. The van der Waals surface area contributed by atoms with Crippen LogP contribution in [0.2, 0.25) is 10.0 Å². The zero-order chi connectivity index (χ0) is 15.8. The van der Waals surface area contributed by atoms with E-state index in [4.69, 9.17) is 23.2 Å². The Kier molecular flexibility index (Phi) is 5.66. The fourth-order valence-corrected chi connectivity index (χ4v) is 5.40. The number of nitrogens with one attached hydrogen (secondary N) is 1. The average Bonchev–Trinajstić information content (AvgIpc) is 2.31. The van der Waals surface area contributed by atoms with Gasteiger partial charge >= 0.3 is 0 Å². The van der Waals surface area contributed by atoms with Gasteiger partial charge in [0.25, 0.3) is 10.0 Å². The van der Waals surface area contributed by atoms with Crippen molar-refractivity contribution in [1.29, 1.82) is 0 Å². The van der Waals surface area contributed by atoms with Crippen LogP contribution in [0.3, 0.4) is 0 Å². The Morgan fingerprint density at radius 1 is 0.905 bits per heavy atom. The molecule has 1 N–H and O–H groups in total. The Morgan fingerprint density at radius 3 is 2.05 bits per heavy atom. The number of hydrogen-bond donors (Lipinski definition) is 1. The third-order valence-electron chi connectivity index (χ3n) is 2.40. The maximum absolute atomic E-state index is 12.5. The van der Waals surface area contributed by atoms with E-state index in [1.165, 1.54) is 12.1 Å². The normalized spacial score (nSPS) is 11.5. The van der Waals surface area contributed by atoms with Crippen LogP contribution >= 0.6 is 71.0 Å². The molecule has 0 fully saturated rings. The van der Waals surface area contributed by atoms with Crippen molar-refractivity contribution in [2.75, 3.05) is 4.72 Å². The predicted octanol–water partition coefficient (Wildman–Crippen LogP) is 6.08. The minimum Gasteiger partial charge on any atom is -0.278 e. The lowest BCUT2D eigenvalue weighted by atomic mass is 10.3. The lowest BCUT2D eigenvalue weighted by Gasteiger charge is -2.13. The molecule has 0 aliphatic rings. The monoisotopic (exact) mass is 535 g/mol. The molecular weight excluding hydrogens is 533 g/mol. The van der Waals surface area contributed by atoms with E-state index in [-0.39, 0.29) is 14.9 Å². The first-order chi connectivity index (χ1) is 9.70. The molecule has 0 aliphatic carbocycles. The highest BCUT2D eigenvalue weighted by Crippen LogP contribution is 2.35. The van der Waals surface area contributed by atoms with Crippen molar-refractivity contribution in [1.82, 2.24) is 0 Å². The van der Waals surface area contributed by atoms with Crippen molar-refractivity contribution in [3.05, 3.63) is 53.8 Å². The number of hydrogen-bond acceptors (Lipinski definition) is 2. The van der Waals surface area contributed by atoms with Gasteiger partial charge in [-0.3, -0.25) is 4.72 Å². The molecule has 0 aliphatic heterocycles. The van der Waals surface area contributed by atoms with Crippen LogP contribution in [0.25, 0.3) is 0 Å². The van der Waals surface area contributed by atoms with E-state index in [0.717, 1.165) is 4.47 Å². The summed E-state index contributed by atoms with van der Waals surface area (Å²) in [5.74, 6) is 0. The van der Waals surface area contributed by atoms with E-state index < -0.39 is 10.0 Å². The molecule has 0 heterocycles. The first-order valence-corrected chi connectivity index (χ1v) is 9.95. The summed E-state index contributed by atoms with van der Waals surface area (Å²) in [7, 11) is -3.92. The fourth-order valence-electron chi connectivity index (χ4n) is 1.56. The van der Waals surface area contributed by atoms with Crippen molar-refractivity contribution in [3.8, 4) is 0 Å². The van der Waals surface area contributed by atoms with Gasteiger partial charge in [0.2, 0.25) is 0 Å². The Balaban J connectivity index is 2.51. The highest BCUT2D eigenvalue weighted by atomic mass is 79.9. The fraction of sp³-hybridized carbons (Fsp3) is 0. The quantitative estimate of drug-likeness (QED) is 0.515. The highest BCUT2D eigenvalue weighted by molar-refractivity contribution is 9.11. The van der Waals surface area contributed by atoms with E-state index in [0.29, 0.717) is 14.6 Å². The molecule has 0 amide bonds. The lowest BCUT2D eigenvalue weighted by molar-refractivity contribution is 0.601. The van der Waals surface area contributed by atoms with Gasteiger partial charge in [0.05, 0.1) is 15.7 Å². The van der Waals surface area contributed by atoms with Crippen LogP contribution in [0.4, 0.5) is 5.69 Å². The molecule has 2 aromatic rings. The van der Waals surface area contributed by atoms with Crippen molar-refractivity contribution < 1.29 is 8.42 Å². The van der Waals surface area contributed by atoms with Gasteiger partial charge in [0, 0.05) is 13.4 Å². The molecule has 0 spiro atoms. The van der Waals surface area contributed by atoms with Crippen molar-refractivity contribution in [2.45, 2.75) is 4.90 Å². The van der Waals surface area contributed by atoms with Crippen LogP contribution in [0.1, 0.15) is 0 Å². The summed E-state index contributed by atoms with van der Waals surface area (Å²) < 4.78 is 29.4. The predicted molar refractivity (Wildman–Crippen MR) is 96.8 cm³/mol. The largest absolute Gasteiger partial charge is 0.278 e. The van der Waals surface area contributed by atoms with Gasteiger partial charge in [-0.2, -0.15) is 0 Å². The first-order valence-electron chi connectivity index (χ1n) is 5.33. The average molecular weight is 539 g/mol. The summed E-state index contributed by atoms with van der Waals surface area (Å²) in [5, 5.41) is 0.0704. The standard InChI is InChI=1S/C12H6Br3Cl2NO2S/c13-6-1-2-8(15)11(5-6)18-21(19,20)12-9(16)3-7(14)4-10(12)17/h1-5,18H. The van der Waals surface area contributed by atoms with Crippen molar-refractivity contribution in [2.24, 2.45) is 0 Å². The SMILES string of the molecule is O=S(=O)(Nc1cc(Br)ccc1Br)c1c(Cl)cc(Br)cc1Cl. The Bertz CT molecular complexity index is 789. The van der Waals surface area contributed by atoms with Gasteiger partial charge < -0.3 is 0 Å². The molecule has 0 bridgehead atoms. The minimum absolute atomic E-state index is 0.0352. The van der Waals surface area contributed by atoms with E-state index in [1.807, 2.05) is 0 Å². The summed E-state index contributed by atoms with van der Waals surface area (Å²) in [4.78, 5) is -0.166. The number of rotatable bonds is 3. The summed E-state index contributed by atoms with van der Waals surface area (Å²) >= 11 is 21.8.